The quantitative estimate of drug-likeness (QED) is 0.710. The lowest BCUT2D eigenvalue weighted by Gasteiger charge is -2.01. The zero-order chi connectivity index (χ0) is 18.0. The van der Waals surface area contributed by atoms with E-state index in [-0.39, 0.29) is 12.3 Å². The molecule has 0 aliphatic carbocycles. The SMILES string of the molecule is Cc1[nH]c(C=C2C(=O)NN=C2c2ncccn2)c(C)c1CCC(=O)O. The monoisotopic (exact) mass is 339 g/mol. The number of rotatable bonds is 5. The van der Waals surface area contributed by atoms with Crippen molar-refractivity contribution < 1.29 is 14.7 Å². The van der Waals surface area contributed by atoms with Gasteiger partial charge in [0, 0.05) is 30.2 Å². The molecule has 0 unspecified atom stereocenters. The average Bonchev–Trinajstić information content (AvgIpc) is 3.07. The van der Waals surface area contributed by atoms with Crippen molar-refractivity contribution in [3.63, 3.8) is 0 Å². The molecular weight excluding hydrogens is 322 g/mol. The van der Waals surface area contributed by atoms with Gasteiger partial charge >= 0.3 is 5.97 Å². The standard InChI is InChI=1S/C17H17N5O3/c1-9-11(4-5-14(23)24)10(2)20-13(9)8-12-15(21-22-17(12)25)16-18-6-3-7-19-16/h3,6-8,20H,4-5H2,1-2H3,(H,22,25)(H,23,24). The summed E-state index contributed by atoms with van der Waals surface area (Å²) in [5.41, 5.74) is 6.66. The summed E-state index contributed by atoms with van der Waals surface area (Å²) in [5, 5.41) is 12.9. The predicted octanol–water partition coefficient (Wildman–Crippen LogP) is 1.36. The molecule has 128 valence electrons. The van der Waals surface area contributed by atoms with E-state index in [1.165, 1.54) is 0 Å². The van der Waals surface area contributed by atoms with Gasteiger partial charge in [-0.25, -0.2) is 15.4 Å². The van der Waals surface area contributed by atoms with Gasteiger partial charge < -0.3 is 10.1 Å². The number of aromatic nitrogens is 3. The molecule has 3 N–H and O–H groups in total. The molecule has 0 aromatic carbocycles. The molecule has 3 heterocycles. The third-order valence-electron chi connectivity index (χ3n) is 4.06. The van der Waals surface area contributed by atoms with E-state index in [0.717, 1.165) is 22.5 Å². The topological polar surface area (TPSA) is 120 Å². The molecule has 0 fully saturated rings. The highest BCUT2D eigenvalue weighted by Gasteiger charge is 2.26. The summed E-state index contributed by atoms with van der Waals surface area (Å²) in [7, 11) is 0. The molecule has 0 atom stereocenters. The molecule has 3 rings (SSSR count). The maximum Gasteiger partial charge on any atom is 0.303 e. The molecule has 1 aliphatic heterocycles. The van der Waals surface area contributed by atoms with Crippen molar-refractivity contribution in [1.29, 1.82) is 0 Å². The van der Waals surface area contributed by atoms with Gasteiger partial charge in [0.15, 0.2) is 5.82 Å². The van der Waals surface area contributed by atoms with Crippen LogP contribution in [0.15, 0.2) is 29.1 Å². The number of nitrogens with zero attached hydrogens (tertiary/aromatic N) is 3. The summed E-state index contributed by atoms with van der Waals surface area (Å²) in [5.74, 6) is -0.814. The fourth-order valence-corrected chi connectivity index (χ4v) is 2.77. The minimum Gasteiger partial charge on any atom is -0.481 e. The zero-order valence-corrected chi connectivity index (χ0v) is 13.8. The molecule has 0 saturated heterocycles. The second kappa shape index (κ2) is 6.68. The van der Waals surface area contributed by atoms with Crippen LogP contribution in [0, 0.1) is 13.8 Å². The summed E-state index contributed by atoms with van der Waals surface area (Å²) < 4.78 is 0. The number of aromatic amines is 1. The second-order valence-electron chi connectivity index (χ2n) is 5.69. The molecule has 0 saturated carbocycles. The summed E-state index contributed by atoms with van der Waals surface area (Å²) in [6.07, 6.45) is 5.35. The van der Waals surface area contributed by atoms with Gasteiger partial charge in [0.25, 0.3) is 5.91 Å². The van der Waals surface area contributed by atoms with Crippen LogP contribution in [0.3, 0.4) is 0 Å². The Labute approximate surface area is 143 Å². The highest BCUT2D eigenvalue weighted by molar-refractivity contribution is 6.32. The Bertz CT molecular complexity index is 897. The van der Waals surface area contributed by atoms with E-state index in [4.69, 9.17) is 5.11 Å². The lowest BCUT2D eigenvalue weighted by molar-refractivity contribution is -0.137. The molecule has 2 aromatic heterocycles. The molecule has 8 nitrogen and oxygen atoms in total. The van der Waals surface area contributed by atoms with Crippen molar-refractivity contribution in [1.82, 2.24) is 20.4 Å². The Kier molecular flexibility index (Phi) is 4.42. The number of carbonyl (C=O) groups excluding carboxylic acids is 1. The molecule has 0 bridgehead atoms. The number of nitrogens with one attached hydrogen (secondary N) is 2. The van der Waals surface area contributed by atoms with Crippen LogP contribution in [-0.4, -0.2) is 37.6 Å². The van der Waals surface area contributed by atoms with Gasteiger partial charge in [-0.3, -0.25) is 9.59 Å². The first-order chi connectivity index (χ1) is 12.0. The normalized spacial score (nSPS) is 15.4. The summed E-state index contributed by atoms with van der Waals surface area (Å²) in [6, 6.07) is 1.69. The fraction of sp³-hybridized carbons (Fsp3) is 0.235. The highest BCUT2D eigenvalue weighted by Crippen LogP contribution is 2.23. The smallest absolute Gasteiger partial charge is 0.303 e. The van der Waals surface area contributed by atoms with Gasteiger partial charge in [0.2, 0.25) is 0 Å². The van der Waals surface area contributed by atoms with Crippen molar-refractivity contribution in [3.05, 3.63) is 52.4 Å². The van der Waals surface area contributed by atoms with E-state index in [2.05, 4.69) is 25.5 Å². The third-order valence-corrected chi connectivity index (χ3v) is 4.06. The number of carbonyl (C=O) groups is 2. The van der Waals surface area contributed by atoms with Crippen LogP contribution >= 0.6 is 0 Å². The number of amides is 1. The van der Waals surface area contributed by atoms with Crippen molar-refractivity contribution >= 4 is 23.7 Å². The third kappa shape index (κ3) is 3.32. The van der Waals surface area contributed by atoms with Gasteiger partial charge in [-0.05, 0) is 43.5 Å². The minimum atomic E-state index is -0.842. The zero-order valence-electron chi connectivity index (χ0n) is 13.8. The van der Waals surface area contributed by atoms with Crippen molar-refractivity contribution in [3.8, 4) is 0 Å². The number of hydrogen-bond donors (Lipinski definition) is 3. The van der Waals surface area contributed by atoms with Crippen molar-refractivity contribution in [2.75, 3.05) is 0 Å². The Morgan fingerprint density at radius 1 is 1.28 bits per heavy atom. The Hall–Kier alpha value is -3.29. The molecule has 2 aromatic rings. The largest absolute Gasteiger partial charge is 0.481 e. The maximum absolute atomic E-state index is 12.1. The van der Waals surface area contributed by atoms with E-state index in [1.54, 1.807) is 24.5 Å². The number of carboxylic acid groups (broad SMARTS) is 1. The average molecular weight is 339 g/mol. The van der Waals surface area contributed by atoms with E-state index >= 15 is 0 Å². The number of hydrazone groups is 1. The first-order valence-corrected chi connectivity index (χ1v) is 7.74. The first-order valence-electron chi connectivity index (χ1n) is 7.74. The van der Waals surface area contributed by atoms with Crippen LogP contribution in [-0.2, 0) is 16.0 Å². The summed E-state index contributed by atoms with van der Waals surface area (Å²) in [4.78, 5) is 34.4. The van der Waals surface area contributed by atoms with Gasteiger partial charge in [0.05, 0.1) is 5.57 Å². The number of aliphatic carboxylic acids is 1. The first kappa shape index (κ1) is 16.6. The van der Waals surface area contributed by atoms with Gasteiger partial charge in [-0.1, -0.05) is 0 Å². The van der Waals surface area contributed by atoms with Crippen LogP contribution in [0.25, 0.3) is 6.08 Å². The van der Waals surface area contributed by atoms with Gasteiger partial charge in [0.1, 0.15) is 5.71 Å². The summed E-state index contributed by atoms with van der Waals surface area (Å²) in [6.45, 7) is 3.78. The van der Waals surface area contributed by atoms with Crippen LogP contribution in [0.4, 0.5) is 0 Å². The van der Waals surface area contributed by atoms with Crippen LogP contribution < -0.4 is 5.43 Å². The summed E-state index contributed by atoms with van der Waals surface area (Å²) >= 11 is 0. The van der Waals surface area contributed by atoms with E-state index < -0.39 is 5.97 Å². The lowest BCUT2D eigenvalue weighted by atomic mass is 10.0. The Morgan fingerprint density at radius 2 is 2.00 bits per heavy atom. The van der Waals surface area contributed by atoms with Crippen LogP contribution in [0.2, 0.25) is 0 Å². The van der Waals surface area contributed by atoms with Crippen LogP contribution in [0.5, 0.6) is 0 Å². The highest BCUT2D eigenvalue weighted by atomic mass is 16.4. The fourth-order valence-electron chi connectivity index (χ4n) is 2.77. The number of carboxylic acids is 1. The molecule has 8 heteroatoms. The van der Waals surface area contributed by atoms with Crippen molar-refractivity contribution in [2.24, 2.45) is 5.10 Å². The number of H-pyrrole nitrogens is 1. The predicted molar refractivity (Wildman–Crippen MR) is 90.9 cm³/mol. The minimum absolute atomic E-state index is 0.0561. The molecule has 0 radical (unpaired) electrons. The Morgan fingerprint density at radius 3 is 2.68 bits per heavy atom. The molecule has 0 spiro atoms. The molecule has 1 amide bonds. The number of hydrogen-bond acceptors (Lipinski definition) is 5. The van der Waals surface area contributed by atoms with E-state index in [0.29, 0.717) is 23.5 Å². The molecule has 25 heavy (non-hydrogen) atoms. The van der Waals surface area contributed by atoms with E-state index in [1.807, 2.05) is 13.8 Å². The van der Waals surface area contributed by atoms with Gasteiger partial charge in [-0.2, -0.15) is 5.10 Å². The lowest BCUT2D eigenvalue weighted by Crippen LogP contribution is -2.14. The van der Waals surface area contributed by atoms with Crippen molar-refractivity contribution in [2.45, 2.75) is 26.7 Å². The molecular formula is C17H17N5O3. The van der Waals surface area contributed by atoms with Crippen LogP contribution in [0.1, 0.15) is 34.8 Å². The van der Waals surface area contributed by atoms with Gasteiger partial charge in [-0.15, -0.1) is 0 Å². The molecule has 1 aliphatic rings. The Balaban J connectivity index is 1.97. The number of aryl methyl sites for hydroxylation is 1. The second-order valence-corrected chi connectivity index (χ2v) is 5.69. The maximum atomic E-state index is 12.1. The van der Waals surface area contributed by atoms with E-state index in [9.17, 15) is 9.59 Å².